The smallest absolute Gasteiger partial charge is 0.228 e. The maximum Gasteiger partial charge on any atom is 0.228 e. The molecule has 2 N–H and O–H groups in total. The fourth-order valence-electron chi connectivity index (χ4n) is 1.23. The van der Waals surface area contributed by atoms with Crippen molar-refractivity contribution in [3.05, 3.63) is 5.28 Å². The van der Waals surface area contributed by atoms with Crippen LogP contribution in [0.3, 0.4) is 0 Å². The number of anilines is 2. The van der Waals surface area contributed by atoms with Gasteiger partial charge in [-0.25, -0.2) is 0 Å². The monoisotopic (exact) mass is 273 g/mol. The SMILES string of the molecule is CNc1nc(Cl)nc(NCCCOCC(C)C)n1. The molecular formula is C11H20ClN5O. The lowest BCUT2D eigenvalue weighted by Crippen LogP contribution is -2.11. The molecule has 7 heteroatoms. The minimum absolute atomic E-state index is 0.174. The summed E-state index contributed by atoms with van der Waals surface area (Å²) in [6.45, 7) is 6.51. The molecule has 0 amide bonds. The van der Waals surface area contributed by atoms with Crippen molar-refractivity contribution in [3.8, 4) is 0 Å². The van der Waals surface area contributed by atoms with E-state index >= 15 is 0 Å². The Bertz CT molecular complexity index is 361. The van der Waals surface area contributed by atoms with E-state index in [4.69, 9.17) is 16.3 Å². The highest BCUT2D eigenvalue weighted by Gasteiger charge is 2.02. The first-order chi connectivity index (χ1) is 8.61. The quantitative estimate of drug-likeness (QED) is 0.706. The molecule has 0 aliphatic carbocycles. The van der Waals surface area contributed by atoms with Gasteiger partial charge in [-0.1, -0.05) is 13.8 Å². The molecule has 0 aliphatic rings. The Hall–Kier alpha value is -1.14. The Morgan fingerprint density at radius 2 is 1.94 bits per heavy atom. The summed E-state index contributed by atoms with van der Waals surface area (Å²) in [5.74, 6) is 1.50. The van der Waals surface area contributed by atoms with E-state index in [9.17, 15) is 0 Å². The van der Waals surface area contributed by atoms with Crippen molar-refractivity contribution in [2.24, 2.45) is 5.92 Å². The molecular weight excluding hydrogens is 254 g/mol. The number of hydrogen-bond acceptors (Lipinski definition) is 6. The van der Waals surface area contributed by atoms with Crippen LogP contribution in [-0.4, -0.2) is 41.8 Å². The lowest BCUT2D eigenvalue weighted by atomic mass is 10.2. The van der Waals surface area contributed by atoms with Crippen LogP contribution in [0.4, 0.5) is 11.9 Å². The van der Waals surface area contributed by atoms with Crippen molar-refractivity contribution < 1.29 is 4.74 Å². The molecule has 0 saturated carbocycles. The highest BCUT2D eigenvalue weighted by Crippen LogP contribution is 2.08. The topological polar surface area (TPSA) is 72.0 Å². The largest absolute Gasteiger partial charge is 0.381 e. The number of nitrogens with one attached hydrogen (secondary N) is 2. The average Bonchev–Trinajstić information content (AvgIpc) is 2.32. The Morgan fingerprint density at radius 3 is 2.61 bits per heavy atom. The normalized spacial score (nSPS) is 10.7. The van der Waals surface area contributed by atoms with Gasteiger partial charge in [0, 0.05) is 26.8 Å². The predicted octanol–water partition coefficient (Wildman–Crippen LogP) is 2.04. The van der Waals surface area contributed by atoms with Gasteiger partial charge in [0.05, 0.1) is 0 Å². The van der Waals surface area contributed by atoms with Gasteiger partial charge in [-0.05, 0) is 23.9 Å². The van der Waals surface area contributed by atoms with Crippen molar-refractivity contribution >= 4 is 23.5 Å². The fraction of sp³-hybridized carbons (Fsp3) is 0.727. The first-order valence-corrected chi connectivity index (χ1v) is 6.40. The Morgan fingerprint density at radius 1 is 1.22 bits per heavy atom. The number of hydrogen-bond donors (Lipinski definition) is 2. The van der Waals surface area contributed by atoms with Crippen molar-refractivity contribution in [1.29, 1.82) is 0 Å². The average molecular weight is 274 g/mol. The summed E-state index contributed by atoms with van der Waals surface area (Å²) in [6.07, 6.45) is 0.894. The summed E-state index contributed by atoms with van der Waals surface area (Å²) in [5, 5.41) is 6.08. The predicted molar refractivity (Wildman–Crippen MR) is 73.1 cm³/mol. The van der Waals surface area contributed by atoms with Gasteiger partial charge in [-0.2, -0.15) is 15.0 Å². The number of rotatable bonds is 8. The van der Waals surface area contributed by atoms with E-state index in [1.807, 2.05) is 0 Å². The van der Waals surface area contributed by atoms with E-state index in [1.165, 1.54) is 0 Å². The first kappa shape index (κ1) is 14.9. The molecule has 0 fully saturated rings. The third kappa shape index (κ3) is 5.97. The molecule has 0 aliphatic heterocycles. The lowest BCUT2D eigenvalue weighted by Gasteiger charge is -2.08. The number of ether oxygens (including phenoxy) is 1. The van der Waals surface area contributed by atoms with Crippen LogP contribution in [0.5, 0.6) is 0 Å². The number of aromatic nitrogens is 3. The maximum atomic E-state index is 5.76. The van der Waals surface area contributed by atoms with Gasteiger partial charge in [0.1, 0.15) is 0 Å². The van der Waals surface area contributed by atoms with Gasteiger partial charge in [-0.15, -0.1) is 0 Å². The van der Waals surface area contributed by atoms with E-state index in [0.717, 1.165) is 26.2 Å². The third-order valence-electron chi connectivity index (χ3n) is 2.03. The van der Waals surface area contributed by atoms with Crippen LogP contribution in [0.1, 0.15) is 20.3 Å². The van der Waals surface area contributed by atoms with E-state index < -0.39 is 0 Å². The van der Waals surface area contributed by atoms with Gasteiger partial charge < -0.3 is 15.4 Å². The maximum absolute atomic E-state index is 5.76. The molecule has 6 nitrogen and oxygen atoms in total. The summed E-state index contributed by atoms with van der Waals surface area (Å²) >= 11 is 5.76. The van der Waals surface area contributed by atoms with E-state index in [1.54, 1.807) is 7.05 Å². The second-order valence-electron chi connectivity index (χ2n) is 4.25. The Balaban J connectivity index is 2.24. The van der Waals surface area contributed by atoms with Crippen LogP contribution < -0.4 is 10.6 Å². The Kier molecular flexibility index (Phi) is 6.67. The fourth-order valence-corrected chi connectivity index (χ4v) is 1.39. The van der Waals surface area contributed by atoms with Crippen LogP contribution in [0, 0.1) is 5.92 Å². The van der Waals surface area contributed by atoms with Gasteiger partial charge in [-0.3, -0.25) is 0 Å². The van der Waals surface area contributed by atoms with E-state index in [0.29, 0.717) is 17.8 Å². The van der Waals surface area contributed by atoms with E-state index in [-0.39, 0.29) is 5.28 Å². The zero-order valence-electron chi connectivity index (χ0n) is 11.0. The van der Waals surface area contributed by atoms with Crippen molar-refractivity contribution in [3.63, 3.8) is 0 Å². The minimum atomic E-state index is 0.174. The lowest BCUT2D eigenvalue weighted by molar-refractivity contribution is 0.110. The molecule has 1 heterocycles. The summed E-state index contributed by atoms with van der Waals surface area (Å²) in [6, 6.07) is 0. The molecule has 1 rings (SSSR count). The van der Waals surface area contributed by atoms with Crippen molar-refractivity contribution in [2.45, 2.75) is 20.3 Å². The highest BCUT2D eigenvalue weighted by atomic mass is 35.5. The molecule has 0 spiro atoms. The summed E-state index contributed by atoms with van der Waals surface area (Å²) in [4.78, 5) is 12.0. The molecule has 1 aromatic rings. The van der Waals surface area contributed by atoms with Crippen LogP contribution >= 0.6 is 11.6 Å². The van der Waals surface area contributed by atoms with Gasteiger partial charge >= 0.3 is 0 Å². The second-order valence-corrected chi connectivity index (χ2v) is 4.59. The zero-order chi connectivity index (χ0) is 13.4. The van der Waals surface area contributed by atoms with Gasteiger partial charge in [0.25, 0.3) is 0 Å². The third-order valence-corrected chi connectivity index (χ3v) is 2.20. The molecule has 0 saturated heterocycles. The molecule has 18 heavy (non-hydrogen) atoms. The molecule has 0 aromatic carbocycles. The zero-order valence-corrected chi connectivity index (χ0v) is 11.8. The molecule has 102 valence electrons. The van der Waals surface area contributed by atoms with Crippen molar-refractivity contribution in [2.75, 3.05) is 37.4 Å². The second kappa shape index (κ2) is 8.05. The summed E-state index contributed by atoms with van der Waals surface area (Å²) < 4.78 is 5.47. The van der Waals surface area contributed by atoms with Crippen molar-refractivity contribution in [1.82, 2.24) is 15.0 Å². The molecule has 0 radical (unpaired) electrons. The standard InChI is InChI=1S/C11H20ClN5O/c1-8(2)7-18-6-4-5-14-11-16-9(12)15-10(13-3)17-11/h8H,4-7H2,1-3H3,(H2,13,14,15,16,17). The molecule has 0 unspecified atom stereocenters. The molecule has 0 bridgehead atoms. The van der Waals surface area contributed by atoms with Crippen LogP contribution in [0.25, 0.3) is 0 Å². The summed E-state index contributed by atoms with van der Waals surface area (Å²) in [7, 11) is 1.73. The van der Waals surface area contributed by atoms with Crippen LogP contribution in [0.2, 0.25) is 5.28 Å². The minimum Gasteiger partial charge on any atom is -0.381 e. The van der Waals surface area contributed by atoms with Gasteiger partial charge in [0.15, 0.2) is 0 Å². The highest BCUT2D eigenvalue weighted by molar-refractivity contribution is 6.28. The first-order valence-electron chi connectivity index (χ1n) is 6.02. The molecule has 1 aromatic heterocycles. The number of halogens is 1. The summed E-state index contributed by atoms with van der Waals surface area (Å²) in [5.41, 5.74) is 0. The van der Waals surface area contributed by atoms with E-state index in [2.05, 4.69) is 39.4 Å². The van der Waals surface area contributed by atoms with Crippen LogP contribution in [-0.2, 0) is 4.74 Å². The van der Waals surface area contributed by atoms with Crippen LogP contribution in [0.15, 0.2) is 0 Å². The Labute approximate surface area is 113 Å². The molecule has 0 atom stereocenters. The van der Waals surface area contributed by atoms with Gasteiger partial charge in [0.2, 0.25) is 17.2 Å². The number of nitrogens with zero attached hydrogens (tertiary/aromatic N) is 3.